The van der Waals surface area contributed by atoms with Crippen molar-refractivity contribution < 1.29 is 28.6 Å². The molecular weight excluding hydrogens is 709 g/mol. The Morgan fingerprint density at radius 2 is 0.632 bits per heavy atom. The predicted molar refractivity (Wildman–Crippen MR) is 243 cm³/mol. The maximum absolute atomic E-state index is 12.7. The molecule has 334 valence electrons. The van der Waals surface area contributed by atoms with Gasteiger partial charge in [0.25, 0.3) is 0 Å². The second-order valence-electron chi connectivity index (χ2n) is 16.7. The summed E-state index contributed by atoms with van der Waals surface area (Å²) in [5.74, 6) is -0.874. The van der Waals surface area contributed by atoms with E-state index in [0.29, 0.717) is 19.3 Å². The maximum atomic E-state index is 12.7. The van der Waals surface area contributed by atoms with Crippen LogP contribution < -0.4 is 0 Å². The third kappa shape index (κ3) is 44.8. The number of hydrogen-bond acceptors (Lipinski definition) is 6. The van der Waals surface area contributed by atoms with Crippen LogP contribution in [0, 0.1) is 0 Å². The van der Waals surface area contributed by atoms with Gasteiger partial charge in [-0.2, -0.15) is 0 Å². The van der Waals surface area contributed by atoms with Crippen LogP contribution in [0.25, 0.3) is 0 Å². The van der Waals surface area contributed by atoms with Crippen LogP contribution in [-0.2, 0) is 28.6 Å². The van der Waals surface area contributed by atoms with Crippen molar-refractivity contribution in [2.24, 2.45) is 0 Å². The van der Waals surface area contributed by atoms with Crippen molar-refractivity contribution in [3.63, 3.8) is 0 Å². The molecule has 0 saturated carbocycles. The van der Waals surface area contributed by atoms with E-state index in [1.165, 1.54) is 161 Å². The van der Waals surface area contributed by atoms with Gasteiger partial charge in [0.1, 0.15) is 13.2 Å². The normalized spacial score (nSPS) is 12.1. The van der Waals surface area contributed by atoms with E-state index >= 15 is 0 Å². The molecule has 0 radical (unpaired) electrons. The van der Waals surface area contributed by atoms with E-state index in [2.05, 4.69) is 45.1 Å². The van der Waals surface area contributed by atoms with E-state index in [4.69, 9.17) is 14.2 Å². The topological polar surface area (TPSA) is 78.9 Å². The molecule has 0 spiro atoms. The zero-order valence-corrected chi connectivity index (χ0v) is 38.1. The summed E-state index contributed by atoms with van der Waals surface area (Å²) in [6.07, 6.45) is 51.8. The third-order valence-corrected chi connectivity index (χ3v) is 11.0. The van der Waals surface area contributed by atoms with E-state index in [1.807, 2.05) is 0 Å². The molecule has 6 nitrogen and oxygen atoms in total. The Morgan fingerprint density at radius 3 is 0.965 bits per heavy atom. The summed E-state index contributed by atoms with van der Waals surface area (Å²) in [5.41, 5.74) is 0. The zero-order chi connectivity index (χ0) is 41.5. The summed E-state index contributed by atoms with van der Waals surface area (Å²) >= 11 is 0. The van der Waals surface area contributed by atoms with Crippen LogP contribution in [0.4, 0.5) is 0 Å². The van der Waals surface area contributed by atoms with Crippen LogP contribution in [0.5, 0.6) is 0 Å². The number of hydrogen-bond donors (Lipinski definition) is 0. The summed E-state index contributed by atoms with van der Waals surface area (Å²) in [5, 5.41) is 0. The largest absolute Gasteiger partial charge is 0.462 e. The number of carbonyl (C=O) groups excluding carboxylic acids is 3. The Morgan fingerprint density at radius 1 is 0.351 bits per heavy atom. The van der Waals surface area contributed by atoms with Gasteiger partial charge in [0.15, 0.2) is 6.10 Å². The second-order valence-corrected chi connectivity index (χ2v) is 16.7. The smallest absolute Gasteiger partial charge is 0.306 e. The van der Waals surface area contributed by atoms with Gasteiger partial charge >= 0.3 is 17.9 Å². The lowest BCUT2D eigenvalue weighted by atomic mass is 10.0. The monoisotopic (exact) mass is 803 g/mol. The minimum atomic E-state index is -0.764. The number of allylic oxidation sites excluding steroid dienone is 4. The summed E-state index contributed by atoms with van der Waals surface area (Å²) in [4.78, 5) is 37.6. The fourth-order valence-electron chi connectivity index (χ4n) is 7.18. The van der Waals surface area contributed by atoms with Crippen molar-refractivity contribution in [1.82, 2.24) is 0 Å². The molecule has 0 aromatic heterocycles. The zero-order valence-electron chi connectivity index (χ0n) is 38.1. The quantitative estimate of drug-likeness (QED) is 0.0264. The molecule has 0 aromatic rings. The van der Waals surface area contributed by atoms with Crippen molar-refractivity contribution in [1.29, 1.82) is 0 Å². The average molecular weight is 803 g/mol. The van der Waals surface area contributed by atoms with Crippen molar-refractivity contribution in [2.45, 2.75) is 271 Å². The van der Waals surface area contributed by atoms with Crippen molar-refractivity contribution in [3.8, 4) is 0 Å². The number of unbranched alkanes of at least 4 members (excludes halogenated alkanes) is 30. The minimum Gasteiger partial charge on any atom is -0.462 e. The maximum Gasteiger partial charge on any atom is 0.306 e. The standard InChI is InChI=1S/C51H94O6/c1-4-7-10-13-16-18-20-22-23-24-25-26-27-28-29-30-32-33-35-38-41-44-50(53)56-47-48(46-55-49(52)43-40-37-15-12-9-6-3)57-51(54)45-42-39-36-34-31-21-19-17-14-11-8-5-2/h20,22,24-25,48H,4-19,21,23,26-47H2,1-3H3/b22-20-,25-24-. The highest BCUT2D eigenvalue weighted by atomic mass is 16.6. The minimum absolute atomic E-state index is 0.0697. The van der Waals surface area contributed by atoms with Crippen molar-refractivity contribution in [2.75, 3.05) is 13.2 Å². The van der Waals surface area contributed by atoms with Gasteiger partial charge in [0.05, 0.1) is 0 Å². The van der Waals surface area contributed by atoms with Gasteiger partial charge in [-0.3, -0.25) is 14.4 Å². The van der Waals surface area contributed by atoms with Gasteiger partial charge in [0, 0.05) is 19.3 Å². The van der Waals surface area contributed by atoms with Crippen LogP contribution in [-0.4, -0.2) is 37.2 Å². The molecule has 0 aliphatic carbocycles. The van der Waals surface area contributed by atoms with E-state index in [1.54, 1.807) is 0 Å². The Hall–Kier alpha value is -2.11. The van der Waals surface area contributed by atoms with Gasteiger partial charge < -0.3 is 14.2 Å². The molecule has 1 unspecified atom stereocenters. The molecule has 0 fully saturated rings. The highest BCUT2D eigenvalue weighted by Crippen LogP contribution is 2.15. The molecule has 0 N–H and O–H groups in total. The highest BCUT2D eigenvalue weighted by Gasteiger charge is 2.19. The fourth-order valence-corrected chi connectivity index (χ4v) is 7.18. The lowest BCUT2D eigenvalue weighted by molar-refractivity contribution is -0.167. The molecule has 0 aliphatic rings. The average Bonchev–Trinajstić information content (AvgIpc) is 3.21. The molecule has 0 rings (SSSR count). The first-order valence-electron chi connectivity index (χ1n) is 24.8. The molecule has 0 aliphatic heterocycles. The Kier molecular flexibility index (Phi) is 44.9. The molecule has 57 heavy (non-hydrogen) atoms. The number of esters is 3. The van der Waals surface area contributed by atoms with E-state index in [0.717, 1.165) is 64.2 Å². The van der Waals surface area contributed by atoms with Crippen LogP contribution in [0.1, 0.15) is 265 Å². The van der Waals surface area contributed by atoms with Gasteiger partial charge in [-0.1, -0.05) is 218 Å². The second kappa shape index (κ2) is 46.6. The molecule has 0 aromatic carbocycles. The van der Waals surface area contributed by atoms with Gasteiger partial charge in [-0.25, -0.2) is 0 Å². The van der Waals surface area contributed by atoms with E-state index in [9.17, 15) is 14.4 Å². The Labute approximate surface area is 353 Å². The lowest BCUT2D eigenvalue weighted by Crippen LogP contribution is -2.30. The first-order valence-corrected chi connectivity index (χ1v) is 24.8. The van der Waals surface area contributed by atoms with E-state index < -0.39 is 6.10 Å². The third-order valence-electron chi connectivity index (χ3n) is 11.0. The molecule has 0 bridgehead atoms. The van der Waals surface area contributed by atoms with Gasteiger partial charge in [-0.05, 0) is 51.4 Å². The first-order chi connectivity index (χ1) is 28.0. The molecule has 0 heterocycles. The van der Waals surface area contributed by atoms with Crippen LogP contribution in [0.2, 0.25) is 0 Å². The predicted octanol–water partition coefficient (Wildman–Crippen LogP) is 16.0. The van der Waals surface area contributed by atoms with Gasteiger partial charge in [-0.15, -0.1) is 0 Å². The Balaban J connectivity index is 4.15. The van der Waals surface area contributed by atoms with Crippen molar-refractivity contribution >= 4 is 17.9 Å². The molecule has 0 saturated heterocycles. The molecule has 0 amide bonds. The number of rotatable bonds is 45. The van der Waals surface area contributed by atoms with Crippen LogP contribution >= 0.6 is 0 Å². The molecular formula is C51H94O6. The summed E-state index contributed by atoms with van der Waals surface area (Å²) in [7, 11) is 0. The van der Waals surface area contributed by atoms with Crippen LogP contribution in [0.3, 0.4) is 0 Å². The van der Waals surface area contributed by atoms with Gasteiger partial charge in [0.2, 0.25) is 0 Å². The number of ether oxygens (including phenoxy) is 3. The summed E-state index contributed by atoms with van der Waals surface area (Å²) < 4.78 is 16.7. The van der Waals surface area contributed by atoms with Crippen molar-refractivity contribution in [3.05, 3.63) is 24.3 Å². The highest BCUT2D eigenvalue weighted by molar-refractivity contribution is 5.71. The molecule has 6 heteroatoms. The van der Waals surface area contributed by atoms with E-state index in [-0.39, 0.29) is 31.1 Å². The SMILES string of the molecule is CCCCCCC/C=C\C/C=C\CCCCCCCCCCCC(=O)OCC(COC(=O)CCCCCCCC)OC(=O)CCCCCCCCCCCCCC. The summed E-state index contributed by atoms with van der Waals surface area (Å²) in [6.45, 7) is 6.58. The van der Waals surface area contributed by atoms with Crippen LogP contribution in [0.15, 0.2) is 24.3 Å². The first kappa shape index (κ1) is 54.9. The Bertz CT molecular complexity index is 927. The fraction of sp³-hybridized carbons (Fsp3) is 0.863. The molecule has 1 atom stereocenters. The summed E-state index contributed by atoms with van der Waals surface area (Å²) in [6, 6.07) is 0. The lowest BCUT2D eigenvalue weighted by Gasteiger charge is -2.18. The number of carbonyl (C=O) groups is 3.